The first-order valence-corrected chi connectivity index (χ1v) is 15.3. The van der Waals surface area contributed by atoms with Crippen molar-refractivity contribution in [3.8, 4) is 23.2 Å². The molecule has 3 aromatic rings. The summed E-state index contributed by atoms with van der Waals surface area (Å²) in [4.78, 5) is 31.5. The molecule has 1 amide bonds. The summed E-state index contributed by atoms with van der Waals surface area (Å²) in [6, 6.07) is 13.9. The number of nitrogens with one attached hydrogen (secondary N) is 1. The molecule has 1 aromatic heterocycles. The quantitative estimate of drug-likeness (QED) is 0.367. The van der Waals surface area contributed by atoms with Crippen molar-refractivity contribution in [3.63, 3.8) is 0 Å². The number of carbonyl (C=O) groups excluding carboxylic acids is 1. The van der Waals surface area contributed by atoms with Gasteiger partial charge in [0.05, 0.1) is 38.0 Å². The van der Waals surface area contributed by atoms with Gasteiger partial charge in [0.2, 0.25) is 11.9 Å². The first-order chi connectivity index (χ1) is 21.9. The van der Waals surface area contributed by atoms with Crippen molar-refractivity contribution in [2.45, 2.75) is 38.1 Å². The number of halogens is 1. The Morgan fingerprint density at radius 3 is 2.67 bits per heavy atom. The number of aromatic nitrogens is 3. The second-order valence-electron chi connectivity index (χ2n) is 11.6. The Bertz CT molecular complexity index is 1560. The molecule has 12 nitrogen and oxygen atoms in total. The number of alkyl halides is 1. The second kappa shape index (κ2) is 13.7. The summed E-state index contributed by atoms with van der Waals surface area (Å²) in [5.41, 5.74) is 4.03. The highest BCUT2D eigenvalue weighted by molar-refractivity contribution is 5.76. The number of amides is 1. The molecule has 1 unspecified atom stereocenters. The number of piperazine rings is 1. The van der Waals surface area contributed by atoms with Gasteiger partial charge in [-0.05, 0) is 48.9 Å². The van der Waals surface area contributed by atoms with Crippen molar-refractivity contribution in [3.05, 3.63) is 53.9 Å². The maximum absolute atomic E-state index is 14.9. The maximum atomic E-state index is 14.9. The molecular formula is C32H37FN8O4. The number of aliphatic hydroxyl groups is 1. The Balaban J connectivity index is 1.09. The summed E-state index contributed by atoms with van der Waals surface area (Å²) < 4.78 is 26.1. The highest BCUT2D eigenvalue weighted by atomic mass is 19.1. The van der Waals surface area contributed by atoms with Gasteiger partial charge >= 0.3 is 0 Å². The zero-order chi connectivity index (χ0) is 31.3. The molecule has 0 spiro atoms. The maximum Gasteiger partial charge on any atom is 0.230 e. The molecule has 2 aromatic carbocycles. The number of likely N-dealkylation sites (tertiary alicyclic amines) is 1. The summed E-state index contributed by atoms with van der Waals surface area (Å²) in [6.07, 6.45) is -0.556. The van der Waals surface area contributed by atoms with Crippen LogP contribution < -0.4 is 15.0 Å². The molecule has 45 heavy (non-hydrogen) atoms. The monoisotopic (exact) mass is 616 g/mol. The van der Waals surface area contributed by atoms with Gasteiger partial charge in [-0.25, -0.2) is 14.4 Å². The van der Waals surface area contributed by atoms with E-state index in [0.29, 0.717) is 29.9 Å². The molecule has 13 heteroatoms. The highest BCUT2D eigenvalue weighted by Gasteiger charge is 2.33. The average molecular weight is 617 g/mol. The Morgan fingerprint density at radius 1 is 1.16 bits per heavy atom. The lowest BCUT2D eigenvalue weighted by molar-refractivity contribution is -0.135. The van der Waals surface area contributed by atoms with Gasteiger partial charge in [-0.3, -0.25) is 9.69 Å². The number of piperidine rings is 1. The van der Waals surface area contributed by atoms with E-state index in [4.69, 9.17) is 14.6 Å². The average Bonchev–Trinajstić information content (AvgIpc) is 3.02. The third-order valence-electron chi connectivity index (χ3n) is 8.61. The van der Waals surface area contributed by atoms with E-state index >= 15 is 0 Å². The van der Waals surface area contributed by atoms with E-state index < -0.39 is 12.3 Å². The Morgan fingerprint density at radius 2 is 1.98 bits per heavy atom. The van der Waals surface area contributed by atoms with Crippen LogP contribution in [0.4, 0.5) is 21.7 Å². The third kappa shape index (κ3) is 6.98. The van der Waals surface area contributed by atoms with Gasteiger partial charge in [0, 0.05) is 62.5 Å². The van der Waals surface area contributed by atoms with Crippen molar-refractivity contribution in [2.24, 2.45) is 0 Å². The Labute approximate surface area is 261 Å². The van der Waals surface area contributed by atoms with Gasteiger partial charge in [0.15, 0.2) is 12.0 Å². The summed E-state index contributed by atoms with van der Waals surface area (Å²) in [7, 11) is 0. The fourth-order valence-electron chi connectivity index (χ4n) is 5.99. The molecule has 0 aliphatic carbocycles. The van der Waals surface area contributed by atoms with E-state index in [1.165, 1.54) is 16.9 Å². The van der Waals surface area contributed by atoms with Crippen LogP contribution in [0.25, 0.3) is 11.4 Å². The van der Waals surface area contributed by atoms with Crippen LogP contribution in [0, 0.1) is 18.3 Å². The molecule has 3 aliphatic heterocycles. The largest absolute Gasteiger partial charge is 0.486 e. The zero-order valence-corrected chi connectivity index (χ0v) is 25.2. The number of nitrogens with zero attached hydrogens (tertiary/aromatic N) is 7. The predicted molar refractivity (Wildman–Crippen MR) is 165 cm³/mol. The van der Waals surface area contributed by atoms with E-state index in [1.807, 2.05) is 6.07 Å². The standard InChI is InChI=1S/C32H37FN8O4/c1-21-14-24(3-4-27(21)40-11-9-39(10-12-40)25-18-44-19-25)37-32-36-20-35-31(38-32)22-2-5-28(23(15-22)16-34)45-29-6-8-41(17-26(29)33)30(43)7-13-42/h2-5,14-15,20,25-26,29,42H,6-13,17-19H2,1H3,(H,35,36,37,38)/t26-,29?/m0/s1. The van der Waals surface area contributed by atoms with Crippen LogP contribution >= 0.6 is 0 Å². The van der Waals surface area contributed by atoms with E-state index in [1.54, 1.807) is 18.2 Å². The van der Waals surface area contributed by atoms with Crippen LogP contribution in [0.5, 0.6) is 5.75 Å². The molecule has 0 saturated carbocycles. The van der Waals surface area contributed by atoms with Crippen LogP contribution in [0.15, 0.2) is 42.7 Å². The normalized spacial score (nSPS) is 20.8. The summed E-state index contributed by atoms with van der Waals surface area (Å²) in [5.74, 6) is 0.705. The number of hydrogen-bond acceptors (Lipinski definition) is 11. The number of ether oxygens (including phenoxy) is 2. The minimum Gasteiger partial charge on any atom is -0.486 e. The number of aliphatic hydroxyl groups excluding tert-OH is 1. The molecule has 6 rings (SSSR count). The molecule has 0 bridgehead atoms. The van der Waals surface area contributed by atoms with E-state index in [9.17, 15) is 14.4 Å². The van der Waals surface area contributed by atoms with Crippen molar-refractivity contribution in [1.82, 2.24) is 24.8 Å². The lowest BCUT2D eigenvalue weighted by Crippen LogP contribution is -2.56. The van der Waals surface area contributed by atoms with Crippen molar-refractivity contribution >= 4 is 23.2 Å². The number of nitriles is 1. The SMILES string of the molecule is Cc1cc(Nc2ncnc(-c3ccc(OC4CCN(C(=O)CCO)C[C@@H]4F)c(C#N)c3)n2)ccc1N1CCN(C2COC2)CC1. The van der Waals surface area contributed by atoms with Gasteiger partial charge in [0.25, 0.3) is 0 Å². The fraction of sp³-hybridized carbons (Fsp3) is 0.469. The van der Waals surface area contributed by atoms with Gasteiger partial charge in [-0.1, -0.05) is 0 Å². The molecule has 3 aliphatic rings. The minimum atomic E-state index is -1.42. The first-order valence-electron chi connectivity index (χ1n) is 15.3. The van der Waals surface area contributed by atoms with E-state index in [0.717, 1.165) is 50.6 Å². The number of anilines is 3. The summed E-state index contributed by atoms with van der Waals surface area (Å²) in [5, 5.41) is 22.1. The van der Waals surface area contributed by atoms with Crippen molar-refractivity contribution < 1.29 is 23.8 Å². The van der Waals surface area contributed by atoms with Crippen LogP contribution in [-0.2, 0) is 9.53 Å². The molecular weight excluding hydrogens is 579 g/mol. The topological polar surface area (TPSA) is 140 Å². The van der Waals surface area contributed by atoms with Crippen LogP contribution in [0.1, 0.15) is 24.0 Å². The fourth-order valence-corrected chi connectivity index (χ4v) is 5.99. The molecule has 2 atom stereocenters. The van der Waals surface area contributed by atoms with Gasteiger partial charge in [0.1, 0.15) is 24.3 Å². The van der Waals surface area contributed by atoms with Crippen molar-refractivity contribution in [2.75, 3.05) is 69.3 Å². The number of carbonyl (C=O) groups is 1. The van der Waals surface area contributed by atoms with Crippen LogP contribution in [0.3, 0.4) is 0 Å². The third-order valence-corrected chi connectivity index (χ3v) is 8.61. The molecule has 236 valence electrons. The lowest BCUT2D eigenvalue weighted by Gasteiger charge is -2.43. The smallest absolute Gasteiger partial charge is 0.230 e. The van der Waals surface area contributed by atoms with Gasteiger partial charge in [-0.15, -0.1) is 0 Å². The van der Waals surface area contributed by atoms with Crippen LogP contribution in [0.2, 0.25) is 0 Å². The summed E-state index contributed by atoms with van der Waals surface area (Å²) in [6.45, 7) is 7.75. The van der Waals surface area contributed by atoms with E-state index in [-0.39, 0.29) is 43.2 Å². The van der Waals surface area contributed by atoms with E-state index in [2.05, 4.69) is 55.2 Å². The zero-order valence-electron chi connectivity index (χ0n) is 25.2. The van der Waals surface area contributed by atoms with Crippen LogP contribution in [-0.4, -0.2) is 113 Å². The molecule has 3 saturated heterocycles. The lowest BCUT2D eigenvalue weighted by atomic mass is 10.0. The van der Waals surface area contributed by atoms with Gasteiger partial charge < -0.3 is 29.7 Å². The molecule has 0 radical (unpaired) electrons. The number of hydrogen-bond donors (Lipinski definition) is 2. The molecule has 4 heterocycles. The Hall–Kier alpha value is -4.38. The molecule has 3 fully saturated rings. The Kier molecular flexibility index (Phi) is 9.34. The second-order valence-corrected chi connectivity index (χ2v) is 11.6. The van der Waals surface area contributed by atoms with Gasteiger partial charge in [-0.2, -0.15) is 10.2 Å². The first kappa shape index (κ1) is 30.6. The highest BCUT2D eigenvalue weighted by Crippen LogP contribution is 2.30. The number of aryl methyl sites for hydroxylation is 1. The summed E-state index contributed by atoms with van der Waals surface area (Å²) >= 11 is 0. The number of benzene rings is 2. The predicted octanol–water partition coefficient (Wildman–Crippen LogP) is 2.68. The molecule has 2 N–H and O–H groups in total. The minimum absolute atomic E-state index is 0.0341. The number of rotatable bonds is 9. The van der Waals surface area contributed by atoms with Crippen molar-refractivity contribution in [1.29, 1.82) is 5.26 Å².